The molecule has 0 saturated heterocycles. The molecule has 1 heterocycles. The van der Waals surface area contributed by atoms with Crippen LogP contribution in [0.25, 0.3) is 11.5 Å². The summed E-state index contributed by atoms with van der Waals surface area (Å²) in [7, 11) is 0. The molecule has 0 amide bonds. The third-order valence-electron chi connectivity index (χ3n) is 3.57. The van der Waals surface area contributed by atoms with E-state index in [1.807, 2.05) is 30.3 Å². The Balaban J connectivity index is 1.61. The van der Waals surface area contributed by atoms with Crippen LogP contribution in [0.5, 0.6) is 0 Å². The molecule has 2 atom stereocenters. The predicted octanol–water partition coefficient (Wildman–Crippen LogP) is 3.82. The van der Waals surface area contributed by atoms with Gasteiger partial charge in [-0.05, 0) is 42.3 Å². The molecule has 2 unspecified atom stereocenters. The summed E-state index contributed by atoms with van der Waals surface area (Å²) >= 11 is 2.05. The number of thioether (sulfide) groups is 1. The molecule has 1 aromatic heterocycles. The Kier molecular flexibility index (Phi) is 4.25. The molecule has 0 spiro atoms. The molecule has 1 aromatic carbocycles. The molecule has 0 radical (unpaired) electrons. The maximum Gasteiger partial charge on any atom is 0.263 e. The van der Waals surface area contributed by atoms with Crippen LogP contribution in [0.1, 0.15) is 26.2 Å². The van der Waals surface area contributed by atoms with Crippen molar-refractivity contribution in [3.63, 3.8) is 0 Å². The maximum atomic E-state index is 5.31. The van der Waals surface area contributed by atoms with Crippen LogP contribution in [0.15, 0.2) is 34.9 Å². The standard InChI is InChI=1S/C15H19N3OS/c1-2-20-13-9-8-12(10-13)16-15-17-14(19-18-15)11-6-4-3-5-7-11/h3-7,12-13H,2,8-10H2,1H3,(H,16,18). The van der Waals surface area contributed by atoms with E-state index < -0.39 is 0 Å². The van der Waals surface area contributed by atoms with Gasteiger partial charge < -0.3 is 9.84 Å². The van der Waals surface area contributed by atoms with E-state index in [1.165, 1.54) is 25.0 Å². The lowest BCUT2D eigenvalue weighted by molar-refractivity contribution is 0.431. The molecule has 1 fully saturated rings. The van der Waals surface area contributed by atoms with Crippen molar-refractivity contribution in [3.8, 4) is 11.5 Å². The fraction of sp³-hybridized carbons (Fsp3) is 0.467. The summed E-state index contributed by atoms with van der Waals surface area (Å²) in [5.74, 6) is 2.37. The minimum atomic E-state index is 0.472. The van der Waals surface area contributed by atoms with Gasteiger partial charge in [-0.1, -0.05) is 25.1 Å². The number of aromatic nitrogens is 2. The maximum absolute atomic E-state index is 5.31. The van der Waals surface area contributed by atoms with Gasteiger partial charge in [-0.15, -0.1) is 0 Å². The zero-order valence-electron chi connectivity index (χ0n) is 11.6. The van der Waals surface area contributed by atoms with Crippen LogP contribution in [-0.4, -0.2) is 27.2 Å². The minimum absolute atomic E-state index is 0.472. The third-order valence-corrected chi connectivity index (χ3v) is 4.80. The highest BCUT2D eigenvalue weighted by Gasteiger charge is 2.25. The van der Waals surface area contributed by atoms with E-state index in [9.17, 15) is 0 Å². The van der Waals surface area contributed by atoms with Gasteiger partial charge in [-0.3, -0.25) is 0 Å². The highest BCUT2D eigenvalue weighted by molar-refractivity contribution is 7.99. The summed E-state index contributed by atoms with van der Waals surface area (Å²) in [5.41, 5.74) is 0.957. The average molecular weight is 289 g/mol. The molecule has 0 aliphatic heterocycles. The Labute approximate surface area is 123 Å². The van der Waals surface area contributed by atoms with E-state index in [0.717, 1.165) is 10.8 Å². The Morgan fingerprint density at radius 2 is 2.15 bits per heavy atom. The minimum Gasteiger partial charge on any atom is -0.349 e. The van der Waals surface area contributed by atoms with E-state index in [0.29, 0.717) is 17.9 Å². The molecular weight excluding hydrogens is 270 g/mol. The summed E-state index contributed by atoms with van der Waals surface area (Å²) in [6.45, 7) is 2.22. The second kappa shape index (κ2) is 6.31. The van der Waals surface area contributed by atoms with Crippen molar-refractivity contribution >= 4 is 17.7 Å². The first-order chi connectivity index (χ1) is 9.85. The second-order valence-electron chi connectivity index (χ2n) is 5.02. The largest absolute Gasteiger partial charge is 0.349 e. The van der Waals surface area contributed by atoms with Crippen LogP contribution in [-0.2, 0) is 0 Å². The molecule has 2 aromatic rings. The van der Waals surface area contributed by atoms with Gasteiger partial charge in [0.1, 0.15) is 0 Å². The van der Waals surface area contributed by atoms with Gasteiger partial charge in [-0.25, -0.2) is 0 Å². The van der Waals surface area contributed by atoms with E-state index in [2.05, 4.69) is 34.1 Å². The van der Waals surface area contributed by atoms with Gasteiger partial charge in [0.2, 0.25) is 0 Å². The van der Waals surface area contributed by atoms with E-state index >= 15 is 0 Å². The number of anilines is 1. The summed E-state index contributed by atoms with van der Waals surface area (Å²) in [4.78, 5) is 4.42. The first kappa shape index (κ1) is 13.5. The van der Waals surface area contributed by atoms with Crippen molar-refractivity contribution in [2.75, 3.05) is 11.1 Å². The second-order valence-corrected chi connectivity index (χ2v) is 6.60. The monoisotopic (exact) mass is 289 g/mol. The van der Waals surface area contributed by atoms with Crippen molar-refractivity contribution in [3.05, 3.63) is 30.3 Å². The molecule has 4 nitrogen and oxygen atoms in total. The van der Waals surface area contributed by atoms with Crippen LogP contribution < -0.4 is 5.32 Å². The summed E-state index contributed by atoms with van der Waals surface area (Å²) in [5, 5.41) is 8.19. The van der Waals surface area contributed by atoms with Crippen molar-refractivity contribution in [2.45, 2.75) is 37.5 Å². The average Bonchev–Trinajstić information content (AvgIpc) is 3.11. The third kappa shape index (κ3) is 3.15. The molecule has 5 heteroatoms. The number of benzene rings is 1. The molecule has 1 aliphatic rings. The zero-order chi connectivity index (χ0) is 13.8. The molecular formula is C15H19N3OS. The number of nitrogens with zero attached hydrogens (tertiary/aromatic N) is 2. The van der Waals surface area contributed by atoms with Crippen molar-refractivity contribution in [1.82, 2.24) is 10.1 Å². The topological polar surface area (TPSA) is 51.0 Å². The molecule has 20 heavy (non-hydrogen) atoms. The number of nitrogens with one attached hydrogen (secondary N) is 1. The fourth-order valence-corrected chi connectivity index (χ4v) is 3.76. The van der Waals surface area contributed by atoms with Gasteiger partial charge >= 0.3 is 0 Å². The van der Waals surface area contributed by atoms with Crippen LogP contribution >= 0.6 is 11.8 Å². The SMILES string of the molecule is CCSC1CCC(Nc2noc(-c3ccccc3)n2)C1. The predicted molar refractivity (Wildman–Crippen MR) is 82.9 cm³/mol. The Morgan fingerprint density at radius 3 is 2.95 bits per heavy atom. The highest BCUT2D eigenvalue weighted by Crippen LogP contribution is 2.31. The summed E-state index contributed by atoms with van der Waals surface area (Å²) in [6, 6.07) is 10.3. The number of rotatable bonds is 5. The number of hydrogen-bond donors (Lipinski definition) is 1. The lowest BCUT2D eigenvalue weighted by atomic mass is 10.2. The lowest BCUT2D eigenvalue weighted by Crippen LogP contribution is -2.16. The van der Waals surface area contributed by atoms with Crippen LogP contribution in [0, 0.1) is 0 Å². The lowest BCUT2D eigenvalue weighted by Gasteiger charge is -2.10. The first-order valence-electron chi connectivity index (χ1n) is 7.12. The van der Waals surface area contributed by atoms with Crippen molar-refractivity contribution in [1.29, 1.82) is 0 Å². The molecule has 3 rings (SSSR count). The van der Waals surface area contributed by atoms with E-state index in [1.54, 1.807) is 0 Å². The highest BCUT2D eigenvalue weighted by atomic mass is 32.2. The normalized spacial score (nSPS) is 22.1. The van der Waals surface area contributed by atoms with Crippen molar-refractivity contribution in [2.24, 2.45) is 0 Å². The molecule has 106 valence electrons. The van der Waals surface area contributed by atoms with Crippen LogP contribution in [0.3, 0.4) is 0 Å². The van der Waals surface area contributed by atoms with Gasteiger partial charge in [-0.2, -0.15) is 16.7 Å². The Hall–Kier alpha value is -1.49. The summed E-state index contributed by atoms with van der Waals surface area (Å²) < 4.78 is 5.31. The fourth-order valence-electron chi connectivity index (χ4n) is 2.62. The van der Waals surface area contributed by atoms with Gasteiger partial charge in [0.05, 0.1) is 0 Å². The molecule has 1 aliphatic carbocycles. The van der Waals surface area contributed by atoms with Gasteiger partial charge in [0.25, 0.3) is 11.8 Å². The molecule has 1 saturated carbocycles. The summed E-state index contributed by atoms with van der Waals surface area (Å²) in [6.07, 6.45) is 3.65. The Bertz CT molecular complexity index is 543. The van der Waals surface area contributed by atoms with E-state index in [-0.39, 0.29) is 0 Å². The molecule has 0 bridgehead atoms. The first-order valence-corrected chi connectivity index (χ1v) is 8.17. The molecule has 1 N–H and O–H groups in total. The van der Waals surface area contributed by atoms with Crippen molar-refractivity contribution < 1.29 is 4.52 Å². The van der Waals surface area contributed by atoms with Gasteiger partial charge in [0, 0.05) is 16.9 Å². The van der Waals surface area contributed by atoms with Gasteiger partial charge in [0.15, 0.2) is 0 Å². The zero-order valence-corrected chi connectivity index (χ0v) is 12.4. The Morgan fingerprint density at radius 1 is 1.30 bits per heavy atom. The van der Waals surface area contributed by atoms with E-state index in [4.69, 9.17) is 4.52 Å². The van der Waals surface area contributed by atoms with Crippen LogP contribution in [0.2, 0.25) is 0 Å². The smallest absolute Gasteiger partial charge is 0.263 e. The number of hydrogen-bond acceptors (Lipinski definition) is 5. The quantitative estimate of drug-likeness (QED) is 0.906. The van der Waals surface area contributed by atoms with Crippen LogP contribution in [0.4, 0.5) is 5.95 Å².